The van der Waals surface area contributed by atoms with Gasteiger partial charge >= 0.3 is 0 Å². The number of carbonyl (C=O) groups excluding carboxylic acids is 1. The van der Waals surface area contributed by atoms with Crippen molar-refractivity contribution in [3.8, 4) is 5.75 Å². The standard InChI is InChI=1S/C16H24N2O2S/c1-20-14-2-4-15(5-3-14)21-11-8-16(19)18-9-6-13(12-17)7-10-18/h2-5,13H,6-12,17H2,1H3. The minimum absolute atomic E-state index is 0.270. The molecule has 0 spiro atoms. The van der Waals surface area contributed by atoms with Crippen molar-refractivity contribution in [1.82, 2.24) is 4.90 Å². The monoisotopic (exact) mass is 308 g/mol. The van der Waals surface area contributed by atoms with Crippen molar-refractivity contribution in [3.05, 3.63) is 24.3 Å². The van der Waals surface area contributed by atoms with Gasteiger partial charge < -0.3 is 15.4 Å². The Bertz CT molecular complexity index is 442. The highest BCUT2D eigenvalue weighted by molar-refractivity contribution is 7.99. The summed E-state index contributed by atoms with van der Waals surface area (Å²) in [6.07, 6.45) is 2.70. The van der Waals surface area contributed by atoms with Gasteiger partial charge in [-0.1, -0.05) is 0 Å². The number of piperidine rings is 1. The lowest BCUT2D eigenvalue weighted by molar-refractivity contribution is -0.132. The van der Waals surface area contributed by atoms with E-state index in [9.17, 15) is 4.79 Å². The normalized spacial score (nSPS) is 16.0. The predicted molar refractivity (Wildman–Crippen MR) is 86.7 cm³/mol. The van der Waals surface area contributed by atoms with Gasteiger partial charge in [-0.3, -0.25) is 4.79 Å². The molecule has 1 fully saturated rings. The Hall–Kier alpha value is -1.20. The molecule has 0 aliphatic carbocycles. The van der Waals surface area contributed by atoms with Gasteiger partial charge in [-0.15, -0.1) is 11.8 Å². The van der Waals surface area contributed by atoms with E-state index >= 15 is 0 Å². The van der Waals surface area contributed by atoms with Crippen LogP contribution in [-0.4, -0.2) is 43.3 Å². The molecule has 5 heteroatoms. The van der Waals surface area contributed by atoms with Gasteiger partial charge in [0.2, 0.25) is 5.91 Å². The average molecular weight is 308 g/mol. The Morgan fingerprint density at radius 1 is 1.33 bits per heavy atom. The van der Waals surface area contributed by atoms with Crippen LogP contribution in [0.3, 0.4) is 0 Å². The van der Waals surface area contributed by atoms with E-state index < -0.39 is 0 Å². The van der Waals surface area contributed by atoms with E-state index in [4.69, 9.17) is 10.5 Å². The molecule has 4 nitrogen and oxygen atoms in total. The number of nitrogens with two attached hydrogens (primary N) is 1. The third-order valence-corrected chi connectivity index (χ3v) is 4.96. The highest BCUT2D eigenvalue weighted by Gasteiger charge is 2.21. The molecule has 1 aromatic rings. The average Bonchev–Trinajstić information content (AvgIpc) is 2.55. The van der Waals surface area contributed by atoms with Crippen molar-refractivity contribution in [2.24, 2.45) is 11.7 Å². The summed E-state index contributed by atoms with van der Waals surface area (Å²) in [5.74, 6) is 2.55. The summed E-state index contributed by atoms with van der Waals surface area (Å²) in [5.41, 5.74) is 5.67. The molecule has 0 bridgehead atoms. The minimum atomic E-state index is 0.270. The molecule has 1 aromatic carbocycles. The Morgan fingerprint density at radius 2 is 2.00 bits per heavy atom. The van der Waals surface area contributed by atoms with Crippen LogP contribution < -0.4 is 10.5 Å². The van der Waals surface area contributed by atoms with Crippen LogP contribution in [0.2, 0.25) is 0 Å². The van der Waals surface area contributed by atoms with E-state index in [-0.39, 0.29) is 5.91 Å². The maximum atomic E-state index is 12.1. The molecule has 1 heterocycles. The molecule has 2 rings (SSSR count). The molecule has 21 heavy (non-hydrogen) atoms. The van der Waals surface area contributed by atoms with Gasteiger partial charge in [0, 0.05) is 30.2 Å². The summed E-state index contributed by atoms with van der Waals surface area (Å²) in [6, 6.07) is 7.95. The fraction of sp³-hybridized carbons (Fsp3) is 0.562. The molecule has 1 saturated heterocycles. The van der Waals surface area contributed by atoms with E-state index in [1.54, 1.807) is 18.9 Å². The molecular formula is C16H24N2O2S. The molecule has 0 radical (unpaired) electrons. The number of benzene rings is 1. The van der Waals surface area contributed by atoms with Gasteiger partial charge in [-0.2, -0.15) is 0 Å². The number of nitrogens with zero attached hydrogens (tertiary/aromatic N) is 1. The van der Waals surface area contributed by atoms with Gasteiger partial charge in [0.15, 0.2) is 0 Å². The first-order chi connectivity index (χ1) is 10.2. The van der Waals surface area contributed by atoms with Crippen molar-refractivity contribution in [1.29, 1.82) is 0 Å². The lowest BCUT2D eigenvalue weighted by Crippen LogP contribution is -2.40. The third kappa shape index (κ3) is 4.93. The maximum Gasteiger partial charge on any atom is 0.223 e. The smallest absolute Gasteiger partial charge is 0.223 e. The molecule has 1 aliphatic heterocycles. The van der Waals surface area contributed by atoms with Crippen molar-refractivity contribution in [3.63, 3.8) is 0 Å². The number of hydrogen-bond donors (Lipinski definition) is 1. The molecule has 1 amide bonds. The number of rotatable bonds is 6. The first kappa shape index (κ1) is 16.2. The molecule has 116 valence electrons. The van der Waals surface area contributed by atoms with E-state index in [1.165, 1.54) is 4.90 Å². The van der Waals surface area contributed by atoms with Crippen LogP contribution >= 0.6 is 11.8 Å². The number of hydrogen-bond acceptors (Lipinski definition) is 4. The van der Waals surface area contributed by atoms with Crippen LogP contribution in [0.1, 0.15) is 19.3 Å². The molecule has 0 aromatic heterocycles. The Kier molecular flexibility index (Phi) is 6.39. The number of thioether (sulfide) groups is 1. The SMILES string of the molecule is COc1ccc(SCCC(=O)N2CCC(CN)CC2)cc1. The second-order valence-electron chi connectivity index (χ2n) is 5.33. The summed E-state index contributed by atoms with van der Waals surface area (Å²) in [7, 11) is 1.66. The first-order valence-electron chi connectivity index (χ1n) is 7.47. The van der Waals surface area contributed by atoms with Crippen LogP contribution in [0, 0.1) is 5.92 Å². The second-order valence-corrected chi connectivity index (χ2v) is 6.50. The lowest BCUT2D eigenvalue weighted by Gasteiger charge is -2.31. The van der Waals surface area contributed by atoms with Crippen LogP contribution in [0.25, 0.3) is 0 Å². The summed E-state index contributed by atoms with van der Waals surface area (Å²) in [5, 5.41) is 0. The molecule has 0 atom stereocenters. The molecule has 2 N–H and O–H groups in total. The summed E-state index contributed by atoms with van der Waals surface area (Å²) < 4.78 is 5.13. The summed E-state index contributed by atoms with van der Waals surface area (Å²) >= 11 is 1.71. The largest absolute Gasteiger partial charge is 0.497 e. The first-order valence-corrected chi connectivity index (χ1v) is 8.46. The fourth-order valence-corrected chi connectivity index (χ4v) is 3.35. The minimum Gasteiger partial charge on any atom is -0.497 e. The molecule has 1 aliphatic rings. The topological polar surface area (TPSA) is 55.6 Å². The molecule has 0 saturated carbocycles. The number of amides is 1. The van der Waals surface area contributed by atoms with E-state index in [2.05, 4.69) is 0 Å². The van der Waals surface area contributed by atoms with Crippen LogP contribution in [-0.2, 0) is 4.79 Å². The maximum absolute atomic E-state index is 12.1. The number of carbonyl (C=O) groups is 1. The quantitative estimate of drug-likeness (QED) is 0.820. The summed E-state index contributed by atoms with van der Waals surface area (Å²) in [4.78, 5) is 15.3. The molecule has 0 unspecified atom stereocenters. The number of ether oxygens (including phenoxy) is 1. The molecular weight excluding hydrogens is 284 g/mol. The highest BCUT2D eigenvalue weighted by Crippen LogP contribution is 2.23. The zero-order valence-corrected chi connectivity index (χ0v) is 13.4. The van der Waals surface area contributed by atoms with Crippen LogP contribution in [0.15, 0.2) is 29.2 Å². The third-order valence-electron chi connectivity index (χ3n) is 3.94. The predicted octanol–water partition coefficient (Wildman–Crippen LogP) is 2.37. The fourth-order valence-electron chi connectivity index (χ4n) is 2.50. The van der Waals surface area contributed by atoms with Gasteiger partial charge in [-0.05, 0) is 49.6 Å². The Balaban J connectivity index is 1.69. The zero-order valence-electron chi connectivity index (χ0n) is 12.6. The van der Waals surface area contributed by atoms with Crippen LogP contribution in [0.4, 0.5) is 0 Å². The highest BCUT2D eigenvalue weighted by atomic mass is 32.2. The van der Waals surface area contributed by atoms with Crippen molar-refractivity contribution in [2.45, 2.75) is 24.2 Å². The Labute approximate surface area is 131 Å². The van der Waals surface area contributed by atoms with Crippen molar-refractivity contribution < 1.29 is 9.53 Å². The van der Waals surface area contributed by atoms with E-state index in [0.717, 1.165) is 44.0 Å². The van der Waals surface area contributed by atoms with E-state index in [0.29, 0.717) is 12.3 Å². The van der Waals surface area contributed by atoms with Gasteiger partial charge in [0.25, 0.3) is 0 Å². The number of methoxy groups -OCH3 is 1. The van der Waals surface area contributed by atoms with Crippen LogP contribution in [0.5, 0.6) is 5.75 Å². The Morgan fingerprint density at radius 3 is 2.57 bits per heavy atom. The van der Waals surface area contributed by atoms with Crippen molar-refractivity contribution >= 4 is 17.7 Å². The van der Waals surface area contributed by atoms with Gasteiger partial charge in [-0.25, -0.2) is 0 Å². The second kappa shape index (κ2) is 8.29. The van der Waals surface area contributed by atoms with Crippen molar-refractivity contribution in [2.75, 3.05) is 32.5 Å². The number of likely N-dealkylation sites (tertiary alicyclic amines) is 1. The van der Waals surface area contributed by atoms with E-state index in [1.807, 2.05) is 29.2 Å². The lowest BCUT2D eigenvalue weighted by atomic mass is 9.97. The van der Waals surface area contributed by atoms with Gasteiger partial charge in [0.05, 0.1) is 7.11 Å². The van der Waals surface area contributed by atoms with Gasteiger partial charge in [0.1, 0.15) is 5.75 Å². The zero-order chi connectivity index (χ0) is 15.1. The summed E-state index contributed by atoms with van der Waals surface area (Å²) in [6.45, 7) is 2.48.